The number of phenolic OH excluding ortho intramolecular Hbond substituents is 6. The van der Waals surface area contributed by atoms with Crippen LogP contribution in [0.2, 0.25) is 10.0 Å². The van der Waals surface area contributed by atoms with Crippen LogP contribution in [0.1, 0.15) is 81.7 Å². The van der Waals surface area contributed by atoms with Crippen LogP contribution in [-0.2, 0) is 40.0 Å². The van der Waals surface area contributed by atoms with E-state index in [1.165, 1.54) is 61.6 Å². The Kier molecular flexibility index (Phi) is 17.7. The maximum atomic E-state index is 15.9. The molecule has 13 rings (SSSR count). The van der Waals surface area contributed by atoms with Gasteiger partial charge in [0.25, 0.3) is 0 Å². The quantitative estimate of drug-likeness (QED) is 0.0948. The number of amides is 7. The molecule has 0 spiro atoms. The van der Waals surface area contributed by atoms with Crippen molar-refractivity contribution in [3.05, 3.63) is 164 Å². The van der Waals surface area contributed by atoms with Crippen LogP contribution in [-0.4, -0.2) is 128 Å². The first-order valence-corrected chi connectivity index (χ1v) is 29.3. The minimum Gasteiger partial charge on any atom is -0.508 e. The second-order valence-electron chi connectivity index (χ2n) is 22.4. The molecule has 0 aromatic heterocycles. The number of rotatable bonds is 6. The smallest absolute Gasteiger partial charge is 0.248 e. The number of aromatic hydroxyl groups is 6. The number of likely N-dealkylation sites (N-methyl/N-ethyl adjacent to an activating group) is 1. The fraction of sp³-hybridized carbons (Fsp3) is 0.234. The van der Waals surface area contributed by atoms with Crippen molar-refractivity contribution in [2.75, 3.05) is 34.2 Å². The van der Waals surface area contributed by atoms with Gasteiger partial charge in [-0.2, -0.15) is 0 Å². The molecular formula is C64H59Cl2N9O17. The molecule has 8 atom stereocenters. The topological polar surface area (TPSA) is 388 Å². The van der Waals surface area contributed by atoms with Gasteiger partial charge in [-0.1, -0.05) is 53.5 Å². The van der Waals surface area contributed by atoms with Gasteiger partial charge in [-0.3, -0.25) is 33.6 Å². The maximum absolute atomic E-state index is 15.9. The lowest BCUT2D eigenvalue weighted by molar-refractivity contribution is -0.137. The fourth-order valence-electron chi connectivity index (χ4n) is 11.2. The van der Waals surface area contributed by atoms with Gasteiger partial charge in [-0.15, -0.1) is 0 Å². The Hall–Kier alpha value is -10.5. The average Bonchev–Trinajstić information content (AvgIpc) is 0.802. The number of hydrogen-bond donors (Lipinski definition) is 15. The lowest BCUT2D eigenvalue weighted by Crippen LogP contribution is -2.56. The van der Waals surface area contributed by atoms with Crippen LogP contribution >= 0.6 is 23.2 Å². The van der Waals surface area contributed by atoms with E-state index in [9.17, 15) is 45.3 Å². The Labute approximate surface area is 533 Å². The Balaban J connectivity index is 1.12. The number of fused-ring (bicyclic) bond motifs is 14. The van der Waals surface area contributed by atoms with Crippen molar-refractivity contribution in [1.29, 1.82) is 0 Å². The van der Waals surface area contributed by atoms with Gasteiger partial charge in [0.1, 0.15) is 88.6 Å². The summed E-state index contributed by atoms with van der Waals surface area (Å²) in [4.78, 5) is 108. The van der Waals surface area contributed by atoms with Gasteiger partial charge in [-0.25, -0.2) is 0 Å². The third-order valence-corrected chi connectivity index (χ3v) is 16.5. The highest BCUT2D eigenvalue weighted by Crippen LogP contribution is 2.48. The van der Waals surface area contributed by atoms with Crippen molar-refractivity contribution in [3.63, 3.8) is 0 Å². The second kappa shape index (κ2) is 25.8. The fourth-order valence-corrected chi connectivity index (χ4v) is 11.6. The summed E-state index contributed by atoms with van der Waals surface area (Å²) in [6.07, 6.45) is -1.91. The lowest BCUT2D eigenvalue weighted by atomic mass is 9.89. The first kappa shape index (κ1) is 63.1. The number of phenols is 6. The van der Waals surface area contributed by atoms with E-state index in [2.05, 4.69) is 42.5 Å². The van der Waals surface area contributed by atoms with E-state index >= 15 is 24.0 Å². The zero-order valence-corrected chi connectivity index (χ0v) is 50.3. The average molecular weight is 1300 g/mol. The van der Waals surface area contributed by atoms with Crippen LogP contribution in [0.5, 0.6) is 69.0 Å². The monoisotopic (exact) mass is 1300 g/mol. The third-order valence-electron chi connectivity index (χ3n) is 15.8. The molecule has 7 aromatic carbocycles. The Morgan fingerprint density at radius 3 is 1.92 bits per heavy atom. The zero-order valence-electron chi connectivity index (χ0n) is 48.8. The van der Waals surface area contributed by atoms with Crippen LogP contribution in [0.15, 0.2) is 115 Å². The Morgan fingerprint density at radius 2 is 1.21 bits per heavy atom. The number of carbonyl (C=O) groups is 7. The largest absolute Gasteiger partial charge is 0.508 e. The van der Waals surface area contributed by atoms with Gasteiger partial charge in [0.2, 0.25) is 47.1 Å². The van der Waals surface area contributed by atoms with Crippen molar-refractivity contribution in [2.24, 2.45) is 0 Å². The molecule has 17 bridgehead atoms. The van der Waals surface area contributed by atoms with Crippen molar-refractivity contribution in [3.8, 4) is 80.1 Å². The molecule has 6 heterocycles. The van der Waals surface area contributed by atoms with Crippen molar-refractivity contribution in [2.45, 2.75) is 61.2 Å². The van der Waals surface area contributed by atoms with Crippen molar-refractivity contribution < 1.29 is 83.5 Å². The summed E-state index contributed by atoms with van der Waals surface area (Å²) in [5, 5.41) is 102. The summed E-state index contributed by atoms with van der Waals surface area (Å²) in [5.41, 5.74) is -1.26. The first-order valence-electron chi connectivity index (χ1n) is 28.6. The molecule has 26 nitrogen and oxygen atoms in total. The third kappa shape index (κ3) is 12.8. The van der Waals surface area contributed by atoms with E-state index in [1.807, 2.05) is 19.0 Å². The SMILES string of the molecule is CN[C@H]1C(=O)N[C@@H]2Cc3ccc(cc3)Oc3cc4cc(c3O)Oc3ccc(cc3Cl)[C@@H](O)[C@@H]3NC(=O)[C@H](NC(=O)[C@@H]4NC(=O)[C@@H](NC2=O)c2cc(cc(O)c2Cl)Oc2cc1ccc2O)c1ccc(O)c(c1)-c1c(O)cc(O)cc1[C@H](C(=O)NCCCN(C)C)NC3=O. The first-order chi connectivity index (χ1) is 43.9. The van der Waals surface area contributed by atoms with Crippen LogP contribution in [0.4, 0.5) is 0 Å². The number of halogens is 2. The summed E-state index contributed by atoms with van der Waals surface area (Å²) in [6, 6.07) is 10.6. The van der Waals surface area contributed by atoms with Crippen LogP contribution in [0.3, 0.4) is 0 Å². The number of aliphatic hydroxyl groups excluding tert-OH is 1. The molecule has 7 aromatic rings. The van der Waals surface area contributed by atoms with Gasteiger partial charge in [0, 0.05) is 41.8 Å². The standard InChI is InChI=1S/C64H59Cl2N9O17/c1-67-50-29-8-13-41(78)45(20-29)91-34-25-37(49(66)43(80)26-34)54-63(88)71-52-31-21-46(90-33-10-5-27(6-11-33)17-39(58(83)72-54)69-60(50)85)57(82)47(22-31)92-44-14-9-30(19-38(44)65)56(81)55-64(89)73-53(59(84)68-15-4-16-75(2)3)36-23-32(76)24-42(79)48(36)35-18-28(7-12-40(35)77)51(61(86)74-55)70-62(52)87/h5-14,18-26,39,50-56,67,76-82H,4,15-17H2,1-3H3,(H,68,84)(H,69,85)(H,70,87)(H,71,88)(H,72,83)(H,73,89)(H,74,86)/t39-,50-,51-,52-,53-,54+,55+,56-/m1/s1. The molecular weight excluding hydrogens is 1240 g/mol. The molecule has 28 heteroatoms. The van der Waals surface area contributed by atoms with E-state index in [1.54, 1.807) is 12.1 Å². The van der Waals surface area contributed by atoms with Gasteiger partial charge < -0.3 is 97.4 Å². The summed E-state index contributed by atoms with van der Waals surface area (Å²) < 4.78 is 18.6. The Bertz CT molecular complexity index is 4170. The number of aliphatic hydroxyl groups is 1. The van der Waals surface area contributed by atoms with E-state index in [4.69, 9.17) is 37.4 Å². The molecule has 476 valence electrons. The van der Waals surface area contributed by atoms with Crippen LogP contribution < -0.4 is 56.7 Å². The molecule has 0 unspecified atom stereocenters. The number of benzene rings is 7. The molecule has 7 amide bonds. The van der Waals surface area contributed by atoms with Crippen molar-refractivity contribution in [1.82, 2.24) is 47.4 Å². The molecule has 0 radical (unpaired) electrons. The predicted octanol–water partition coefficient (Wildman–Crippen LogP) is 5.23. The van der Waals surface area contributed by atoms with Gasteiger partial charge in [0.05, 0.1) is 10.0 Å². The molecule has 15 N–H and O–H groups in total. The molecule has 0 aliphatic carbocycles. The minimum atomic E-state index is -2.16. The molecule has 6 aliphatic heterocycles. The number of ether oxygens (including phenoxy) is 3. The summed E-state index contributed by atoms with van der Waals surface area (Å²) in [5.74, 6) is -13.0. The van der Waals surface area contributed by atoms with E-state index < -0.39 is 141 Å². The van der Waals surface area contributed by atoms with E-state index in [0.29, 0.717) is 18.5 Å². The second-order valence-corrected chi connectivity index (χ2v) is 23.2. The lowest BCUT2D eigenvalue weighted by Gasteiger charge is -2.31. The van der Waals surface area contributed by atoms with Crippen molar-refractivity contribution >= 4 is 64.6 Å². The zero-order chi connectivity index (χ0) is 65.6. The summed E-state index contributed by atoms with van der Waals surface area (Å²) in [6.45, 7) is 0.582. The molecule has 6 aliphatic rings. The highest BCUT2D eigenvalue weighted by Gasteiger charge is 2.42. The Morgan fingerprint density at radius 1 is 0.565 bits per heavy atom. The number of nitrogens with one attached hydrogen (secondary N) is 8. The number of carbonyl (C=O) groups excluding carboxylic acids is 7. The van der Waals surface area contributed by atoms with Crippen LogP contribution in [0, 0.1) is 0 Å². The van der Waals surface area contributed by atoms with Gasteiger partial charge in [0.15, 0.2) is 23.0 Å². The van der Waals surface area contributed by atoms with Gasteiger partial charge in [-0.05, 0) is 140 Å². The van der Waals surface area contributed by atoms with E-state index in [0.717, 1.165) is 48.5 Å². The number of nitrogens with zero attached hydrogens (tertiary/aromatic N) is 1. The van der Waals surface area contributed by atoms with Crippen LogP contribution in [0.25, 0.3) is 11.1 Å². The summed E-state index contributed by atoms with van der Waals surface area (Å²) >= 11 is 13.8. The molecule has 0 fully saturated rings. The normalized spacial score (nSPS) is 21.3. The summed E-state index contributed by atoms with van der Waals surface area (Å²) in [7, 11) is 5.11. The molecule has 92 heavy (non-hydrogen) atoms. The van der Waals surface area contributed by atoms with E-state index in [-0.39, 0.29) is 85.5 Å². The molecule has 0 saturated carbocycles. The molecule has 0 saturated heterocycles. The minimum absolute atomic E-state index is 0.0543. The maximum Gasteiger partial charge on any atom is 0.248 e. The highest BCUT2D eigenvalue weighted by molar-refractivity contribution is 6.33. The highest BCUT2D eigenvalue weighted by atomic mass is 35.5. The van der Waals surface area contributed by atoms with Gasteiger partial charge >= 0.3 is 0 Å². The number of hydrogen-bond acceptors (Lipinski definition) is 19. The predicted molar refractivity (Wildman–Crippen MR) is 328 cm³/mol.